The first-order chi connectivity index (χ1) is 10.4. The van der Waals surface area contributed by atoms with E-state index in [9.17, 15) is 8.42 Å². The van der Waals surface area contributed by atoms with E-state index in [1.165, 1.54) is 6.26 Å². The van der Waals surface area contributed by atoms with E-state index in [-0.39, 0.29) is 18.1 Å². The zero-order valence-corrected chi connectivity index (χ0v) is 14.9. The SMILES string of the molecule is CO[C@H]1CCN(S(C)(=O)=O)[C@@H]2CN(Cc3csc(C)n3)C[C@H]12. The second kappa shape index (κ2) is 6.16. The van der Waals surface area contributed by atoms with Crippen LogP contribution in [0.2, 0.25) is 0 Å². The second-order valence-corrected chi connectivity index (χ2v) is 9.22. The molecule has 0 aromatic carbocycles. The van der Waals surface area contributed by atoms with Crippen LogP contribution in [0, 0.1) is 12.8 Å². The van der Waals surface area contributed by atoms with Gasteiger partial charge in [0.15, 0.2) is 0 Å². The van der Waals surface area contributed by atoms with Gasteiger partial charge in [0.1, 0.15) is 0 Å². The number of ether oxygens (including phenoxy) is 1. The smallest absolute Gasteiger partial charge is 0.211 e. The van der Waals surface area contributed by atoms with Crippen LogP contribution >= 0.6 is 11.3 Å². The first kappa shape index (κ1) is 16.3. The lowest BCUT2D eigenvalue weighted by atomic mass is 9.91. The van der Waals surface area contributed by atoms with Gasteiger partial charge in [-0.3, -0.25) is 4.90 Å². The molecule has 0 N–H and O–H groups in total. The Morgan fingerprint density at radius 2 is 2.23 bits per heavy atom. The minimum absolute atomic E-state index is 0.0217. The molecule has 0 unspecified atom stereocenters. The predicted octanol–water partition coefficient (Wildman–Crippen LogP) is 0.932. The van der Waals surface area contributed by atoms with Gasteiger partial charge in [-0.15, -0.1) is 11.3 Å². The lowest BCUT2D eigenvalue weighted by molar-refractivity contribution is 0.00244. The molecule has 0 amide bonds. The highest BCUT2D eigenvalue weighted by atomic mass is 32.2. The molecule has 3 atom stereocenters. The first-order valence-corrected chi connectivity index (χ1v) is 10.2. The van der Waals surface area contributed by atoms with E-state index in [0.29, 0.717) is 6.54 Å². The lowest BCUT2D eigenvalue weighted by Crippen LogP contribution is -2.53. The molecule has 2 saturated heterocycles. The van der Waals surface area contributed by atoms with Crippen LogP contribution in [0.15, 0.2) is 5.38 Å². The van der Waals surface area contributed by atoms with E-state index in [4.69, 9.17) is 4.74 Å². The van der Waals surface area contributed by atoms with Crippen LogP contribution in [0.1, 0.15) is 17.1 Å². The number of likely N-dealkylation sites (tertiary alicyclic amines) is 1. The molecular formula is C14H23N3O3S2. The number of fused-ring (bicyclic) bond motifs is 1. The summed E-state index contributed by atoms with van der Waals surface area (Å²) in [6, 6.07) is 0.0217. The Labute approximate surface area is 136 Å². The average Bonchev–Trinajstić information content (AvgIpc) is 3.02. The lowest BCUT2D eigenvalue weighted by Gasteiger charge is -2.39. The number of methoxy groups -OCH3 is 1. The Morgan fingerprint density at radius 3 is 2.82 bits per heavy atom. The van der Waals surface area contributed by atoms with Crippen molar-refractivity contribution < 1.29 is 13.2 Å². The van der Waals surface area contributed by atoms with E-state index in [1.54, 1.807) is 22.8 Å². The number of aromatic nitrogens is 1. The van der Waals surface area contributed by atoms with Crippen molar-refractivity contribution in [2.45, 2.75) is 32.0 Å². The van der Waals surface area contributed by atoms with Gasteiger partial charge >= 0.3 is 0 Å². The Bertz CT molecular complexity index is 631. The molecule has 2 aliphatic rings. The van der Waals surface area contributed by atoms with Crippen LogP contribution in [-0.2, 0) is 21.3 Å². The molecule has 0 saturated carbocycles. The standard InChI is InChI=1S/C14H23N3O3S2/c1-10-15-11(9-21-10)6-16-7-12-13(8-16)17(22(3,18)19)5-4-14(12)20-2/h9,12-14H,4-8H2,1-3H3/t12-,13+,14-/m0/s1. The fourth-order valence-electron chi connectivity index (χ4n) is 3.74. The van der Waals surface area contributed by atoms with Gasteiger partial charge in [0.05, 0.1) is 23.1 Å². The number of hydrogen-bond acceptors (Lipinski definition) is 6. The number of piperidine rings is 1. The Kier molecular flexibility index (Phi) is 4.57. The zero-order valence-electron chi connectivity index (χ0n) is 13.2. The van der Waals surface area contributed by atoms with Gasteiger partial charge in [0.2, 0.25) is 10.0 Å². The van der Waals surface area contributed by atoms with Gasteiger partial charge < -0.3 is 4.74 Å². The van der Waals surface area contributed by atoms with Crippen LogP contribution in [0.5, 0.6) is 0 Å². The van der Waals surface area contributed by atoms with Crippen molar-refractivity contribution in [1.82, 2.24) is 14.2 Å². The molecule has 2 fully saturated rings. The van der Waals surface area contributed by atoms with Crippen molar-refractivity contribution in [2.24, 2.45) is 5.92 Å². The molecule has 1 aromatic heterocycles. The average molecular weight is 345 g/mol. The summed E-state index contributed by atoms with van der Waals surface area (Å²) in [4.78, 5) is 6.82. The van der Waals surface area contributed by atoms with Gasteiger partial charge in [-0.05, 0) is 13.3 Å². The Balaban J connectivity index is 1.76. The van der Waals surface area contributed by atoms with E-state index in [1.807, 2.05) is 6.92 Å². The fourth-order valence-corrected chi connectivity index (χ4v) is 5.50. The largest absolute Gasteiger partial charge is 0.381 e. The summed E-state index contributed by atoms with van der Waals surface area (Å²) in [6.45, 7) is 4.97. The summed E-state index contributed by atoms with van der Waals surface area (Å²) >= 11 is 1.65. The van der Waals surface area contributed by atoms with Gasteiger partial charge in [-0.1, -0.05) is 0 Å². The Morgan fingerprint density at radius 1 is 1.45 bits per heavy atom. The van der Waals surface area contributed by atoms with E-state index >= 15 is 0 Å². The highest BCUT2D eigenvalue weighted by molar-refractivity contribution is 7.88. The molecule has 0 bridgehead atoms. The van der Waals surface area contributed by atoms with Crippen molar-refractivity contribution in [3.05, 3.63) is 16.1 Å². The molecule has 22 heavy (non-hydrogen) atoms. The van der Waals surface area contributed by atoms with E-state index < -0.39 is 10.0 Å². The van der Waals surface area contributed by atoms with Gasteiger partial charge in [-0.25, -0.2) is 13.4 Å². The van der Waals surface area contributed by atoms with Crippen molar-refractivity contribution in [1.29, 1.82) is 0 Å². The predicted molar refractivity (Wildman–Crippen MR) is 86.4 cm³/mol. The van der Waals surface area contributed by atoms with Crippen LogP contribution in [0.4, 0.5) is 0 Å². The molecule has 1 aromatic rings. The molecule has 124 valence electrons. The third-order valence-electron chi connectivity index (χ3n) is 4.67. The summed E-state index contributed by atoms with van der Waals surface area (Å²) < 4.78 is 31.4. The molecule has 0 radical (unpaired) electrons. The third kappa shape index (κ3) is 3.21. The maximum absolute atomic E-state index is 12.0. The van der Waals surface area contributed by atoms with E-state index in [0.717, 1.165) is 36.8 Å². The summed E-state index contributed by atoms with van der Waals surface area (Å²) in [5.41, 5.74) is 1.07. The van der Waals surface area contributed by atoms with Gasteiger partial charge in [0, 0.05) is 50.6 Å². The maximum Gasteiger partial charge on any atom is 0.211 e. The van der Waals surface area contributed by atoms with Crippen LogP contribution in [0.25, 0.3) is 0 Å². The highest BCUT2D eigenvalue weighted by Crippen LogP contribution is 2.34. The summed E-state index contributed by atoms with van der Waals surface area (Å²) in [5, 5.41) is 3.15. The molecule has 0 spiro atoms. The van der Waals surface area contributed by atoms with Crippen LogP contribution in [-0.4, -0.2) is 67.8 Å². The zero-order chi connectivity index (χ0) is 15.9. The first-order valence-electron chi connectivity index (χ1n) is 7.51. The summed E-state index contributed by atoms with van der Waals surface area (Å²) in [5.74, 6) is 0.244. The topological polar surface area (TPSA) is 62.7 Å². The third-order valence-corrected chi connectivity index (χ3v) is 6.80. The number of aryl methyl sites for hydroxylation is 1. The number of sulfonamides is 1. The van der Waals surface area contributed by atoms with E-state index in [2.05, 4.69) is 15.3 Å². The number of nitrogens with zero attached hydrogens (tertiary/aromatic N) is 3. The normalized spacial score (nSPS) is 30.6. The second-order valence-electron chi connectivity index (χ2n) is 6.22. The Hall–Kier alpha value is -0.540. The molecule has 0 aliphatic carbocycles. The molecule has 3 rings (SSSR count). The van der Waals surface area contributed by atoms with Crippen molar-refractivity contribution in [3.63, 3.8) is 0 Å². The molecule has 6 nitrogen and oxygen atoms in total. The van der Waals surface area contributed by atoms with Gasteiger partial charge in [-0.2, -0.15) is 4.31 Å². The number of thiazole rings is 1. The van der Waals surface area contributed by atoms with Gasteiger partial charge in [0.25, 0.3) is 0 Å². The quantitative estimate of drug-likeness (QED) is 0.812. The van der Waals surface area contributed by atoms with Crippen molar-refractivity contribution in [2.75, 3.05) is 33.0 Å². The maximum atomic E-state index is 12.0. The highest BCUT2D eigenvalue weighted by Gasteiger charge is 2.47. The molecule has 3 heterocycles. The molecule has 2 aliphatic heterocycles. The fraction of sp³-hybridized carbons (Fsp3) is 0.786. The summed E-state index contributed by atoms with van der Waals surface area (Å²) in [7, 11) is -1.44. The molecule has 8 heteroatoms. The monoisotopic (exact) mass is 345 g/mol. The minimum atomic E-state index is -3.17. The van der Waals surface area contributed by atoms with Crippen LogP contribution in [0.3, 0.4) is 0 Å². The van der Waals surface area contributed by atoms with Crippen LogP contribution < -0.4 is 0 Å². The van der Waals surface area contributed by atoms with Crippen molar-refractivity contribution >= 4 is 21.4 Å². The molecular weight excluding hydrogens is 322 g/mol. The minimum Gasteiger partial charge on any atom is -0.381 e. The number of hydrogen-bond donors (Lipinski definition) is 0. The number of rotatable bonds is 4. The van der Waals surface area contributed by atoms with Crippen molar-refractivity contribution in [3.8, 4) is 0 Å². The summed E-state index contributed by atoms with van der Waals surface area (Å²) in [6.07, 6.45) is 2.23.